The summed E-state index contributed by atoms with van der Waals surface area (Å²) in [6.07, 6.45) is 4.95. The first-order chi connectivity index (χ1) is 9.65. The number of nitrogens with zero attached hydrogens (tertiary/aromatic N) is 4. The number of morpholine rings is 1. The fourth-order valence-electron chi connectivity index (χ4n) is 2.31. The van der Waals surface area contributed by atoms with Crippen LogP contribution < -0.4 is 0 Å². The quantitative estimate of drug-likeness (QED) is 0.873. The van der Waals surface area contributed by atoms with Crippen molar-refractivity contribution in [3.63, 3.8) is 0 Å². The van der Waals surface area contributed by atoms with Gasteiger partial charge in [-0.05, 0) is 6.92 Å². The molecule has 1 aliphatic rings. The number of nitrogens with one attached hydrogen (secondary N) is 1. The molecule has 1 unspecified atom stereocenters. The lowest BCUT2D eigenvalue weighted by Gasteiger charge is -2.31. The first-order valence-electron chi connectivity index (χ1n) is 6.55. The number of carbonyl (C=O) groups is 1. The van der Waals surface area contributed by atoms with Gasteiger partial charge in [0.05, 0.1) is 13.2 Å². The molecule has 0 radical (unpaired) electrons. The smallest absolute Gasteiger partial charge is 0.290 e. The molecule has 2 aromatic heterocycles. The number of hydrogen-bond donors (Lipinski definition) is 1. The second kappa shape index (κ2) is 5.09. The molecule has 3 heterocycles. The zero-order chi connectivity index (χ0) is 14.1. The molecule has 0 aromatic carbocycles. The van der Waals surface area contributed by atoms with Crippen LogP contribution in [0.1, 0.15) is 28.2 Å². The highest BCUT2D eigenvalue weighted by Gasteiger charge is 2.29. The van der Waals surface area contributed by atoms with Crippen molar-refractivity contribution in [2.24, 2.45) is 7.05 Å². The van der Waals surface area contributed by atoms with Crippen LogP contribution in [0.5, 0.6) is 0 Å². The van der Waals surface area contributed by atoms with E-state index in [1.54, 1.807) is 28.1 Å². The summed E-state index contributed by atoms with van der Waals surface area (Å²) < 4.78 is 7.42. The molecular formula is C13H17N5O2. The summed E-state index contributed by atoms with van der Waals surface area (Å²) in [5.74, 6) is 1.13. The highest BCUT2D eigenvalue weighted by atomic mass is 16.5. The number of aromatic amines is 1. The van der Waals surface area contributed by atoms with Crippen LogP contribution in [0.15, 0.2) is 18.6 Å². The maximum Gasteiger partial charge on any atom is 0.290 e. The third kappa shape index (κ3) is 2.32. The minimum atomic E-state index is -0.207. The van der Waals surface area contributed by atoms with E-state index in [0.29, 0.717) is 25.5 Å². The van der Waals surface area contributed by atoms with Crippen molar-refractivity contribution in [2.75, 3.05) is 19.7 Å². The van der Waals surface area contributed by atoms with Gasteiger partial charge in [-0.15, -0.1) is 0 Å². The molecule has 0 bridgehead atoms. The Morgan fingerprint density at radius 3 is 3.00 bits per heavy atom. The minimum absolute atomic E-state index is 0.0749. The molecule has 1 fully saturated rings. The van der Waals surface area contributed by atoms with Crippen molar-refractivity contribution in [2.45, 2.75) is 13.0 Å². The fraction of sp³-hybridized carbons (Fsp3) is 0.462. The van der Waals surface area contributed by atoms with E-state index in [4.69, 9.17) is 4.74 Å². The number of rotatable bonds is 2. The molecule has 2 aromatic rings. The number of imidazole rings is 2. The van der Waals surface area contributed by atoms with Gasteiger partial charge in [-0.3, -0.25) is 4.79 Å². The van der Waals surface area contributed by atoms with Crippen LogP contribution in [0.2, 0.25) is 0 Å². The Labute approximate surface area is 116 Å². The third-order valence-electron chi connectivity index (χ3n) is 3.39. The van der Waals surface area contributed by atoms with E-state index in [1.807, 2.05) is 14.0 Å². The Bertz CT molecular complexity index is 618. The maximum atomic E-state index is 12.4. The van der Waals surface area contributed by atoms with Gasteiger partial charge < -0.3 is 19.2 Å². The molecule has 20 heavy (non-hydrogen) atoms. The van der Waals surface area contributed by atoms with Crippen molar-refractivity contribution in [3.8, 4) is 0 Å². The molecule has 1 amide bonds. The first kappa shape index (κ1) is 12.9. The number of amides is 1. The maximum absolute atomic E-state index is 12.4. The second-order valence-corrected chi connectivity index (χ2v) is 4.92. The van der Waals surface area contributed by atoms with Crippen LogP contribution in [0.4, 0.5) is 0 Å². The van der Waals surface area contributed by atoms with Gasteiger partial charge in [0, 0.05) is 37.9 Å². The molecule has 0 aliphatic carbocycles. The van der Waals surface area contributed by atoms with Crippen molar-refractivity contribution < 1.29 is 9.53 Å². The molecule has 1 N–H and O–H groups in total. The van der Waals surface area contributed by atoms with Crippen LogP contribution >= 0.6 is 0 Å². The molecule has 7 heteroatoms. The topological polar surface area (TPSA) is 76.0 Å². The van der Waals surface area contributed by atoms with Crippen LogP contribution in [0, 0.1) is 6.92 Å². The highest BCUT2D eigenvalue weighted by Crippen LogP contribution is 2.20. The molecular weight excluding hydrogens is 258 g/mol. The summed E-state index contributed by atoms with van der Waals surface area (Å²) in [7, 11) is 1.81. The second-order valence-electron chi connectivity index (χ2n) is 4.92. The van der Waals surface area contributed by atoms with Gasteiger partial charge in [0.25, 0.3) is 5.91 Å². The Morgan fingerprint density at radius 1 is 1.50 bits per heavy atom. The van der Waals surface area contributed by atoms with Crippen molar-refractivity contribution in [3.05, 3.63) is 35.9 Å². The first-order valence-corrected chi connectivity index (χ1v) is 6.55. The molecule has 0 saturated carbocycles. The van der Waals surface area contributed by atoms with Gasteiger partial charge in [-0.2, -0.15) is 0 Å². The van der Waals surface area contributed by atoms with Crippen LogP contribution in [-0.2, 0) is 11.8 Å². The van der Waals surface area contributed by atoms with E-state index in [-0.39, 0.29) is 12.0 Å². The normalized spacial score (nSPS) is 19.3. The highest BCUT2D eigenvalue weighted by molar-refractivity contribution is 5.90. The third-order valence-corrected chi connectivity index (χ3v) is 3.39. The molecule has 106 valence electrons. The molecule has 0 spiro atoms. The van der Waals surface area contributed by atoms with Crippen LogP contribution in [-0.4, -0.2) is 50.0 Å². The average molecular weight is 275 g/mol. The Balaban J connectivity index is 1.75. The lowest BCUT2D eigenvalue weighted by atomic mass is 10.2. The van der Waals surface area contributed by atoms with Crippen LogP contribution in [0.3, 0.4) is 0 Å². The number of aryl methyl sites for hydroxylation is 2. The predicted molar refractivity (Wildman–Crippen MR) is 71.1 cm³/mol. The number of ether oxygens (including phenoxy) is 1. The number of H-pyrrole nitrogens is 1. The Morgan fingerprint density at radius 2 is 2.35 bits per heavy atom. The number of carbonyl (C=O) groups excluding carboxylic acids is 1. The molecule has 1 atom stereocenters. The van der Waals surface area contributed by atoms with Crippen molar-refractivity contribution >= 4 is 5.91 Å². The van der Waals surface area contributed by atoms with E-state index in [0.717, 1.165) is 11.5 Å². The summed E-state index contributed by atoms with van der Waals surface area (Å²) in [6, 6.07) is 0. The standard InChI is InChI=1S/C13H17N5O2/c1-9-7-15-11(16-9)10-8-18(5-6-20-10)13(19)12-14-3-4-17(12)2/h3-4,7,10H,5-6,8H2,1-2H3,(H,15,16). The molecule has 1 saturated heterocycles. The van der Waals surface area contributed by atoms with Gasteiger partial charge >= 0.3 is 0 Å². The fourth-order valence-corrected chi connectivity index (χ4v) is 2.31. The van der Waals surface area contributed by atoms with Crippen LogP contribution in [0.25, 0.3) is 0 Å². The Hall–Kier alpha value is -2.15. The van der Waals surface area contributed by atoms with E-state index in [9.17, 15) is 4.79 Å². The van der Waals surface area contributed by atoms with E-state index in [1.165, 1.54) is 0 Å². The average Bonchev–Trinajstić information content (AvgIpc) is 3.07. The van der Waals surface area contributed by atoms with Gasteiger partial charge in [0.15, 0.2) is 5.82 Å². The SMILES string of the molecule is Cc1cnc(C2CN(C(=O)c3nccn3C)CCO2)[nH]1. The summed E-state index contributed by atoms with van der Waals surface area (Å²) in [5.41, 5.74) is 0.983. The summed E-state index contributed by atoms with van der Waals surface area (Å²) in [4.78, 5) is 25.7. The van der Waals surface area contributed by atoms with Gasteiger partial charge in [0.2, 0.25) is 0 Å². The van der Waals surface area contributed by atoms with Crippen molar-refractivity contribution in [1.82, 2.24) is 24.4 Å². The predicted octanol–water partition coefficient (Wildman–Crippen LogP) is 0.665. The number of aromatic nitrogens is 4. The zero-order valence-electron chi connectivity index (χ0n) is 11.5. The summed E-state index contributed by atoms with van der Waals surface area (Å²) in [5, 5.41) is 0. The molecule has 3 rings (SSSR count). The molecule has 7 nitrogen and oxygen atoms in total. The lowest BCUT2D eigenvalue weighted by Crippen LogP contribution is -2.43. The Kier molecular flexibility index (Phi) is 3.27. The van der Waals surface area contributed by atoms with E-state index >= 15 is 0 Å². The number of hydrogen-bond acceptors (Lipinski definition) is 4. The van der Waals surface area contributed by atoms with Gasteiger partial charge in [0.1, 0.15) is 11.9 Å². The largest absolute Gasteiger partial charge is 0.367 e. The minimum Gasteiger partial charge on any atom is -0.367 e. The van der Waals surface area contributed by atoms with Gasteiger partial charge in [-0.25, -0.2) is 9.97 Å². The van der Waals surface area contributed by atoms with E-state index < -0.39 is 0 Å². The summed E-state index contributed by atoms with van der Waals surface area (Å²) >= 11 is 0. The van der Waals surface area contributed by atoms with Gasteiger partial charge in [-0.1, -0.05) is 0 Å². The zero-order valence-corrected chi connectivity index (χ0v) is 11.5. The van der Waals surface area contributed by atoms with E-state index in [2.05, 4.69) is 15.0 Å². The lowest BCUT2D eigenvalue weighted by molar-refractivity contribution is -0.0269. The van der Waals surface area contributed by atoms with Crippen molar-refractivity contribution in [1.29, 1.82) is 0 Å². The summed E-state index contributed by atoms with van der Waals surface area (Å²) in [6.45, 7) is 3.50. The molecule has 1 aliphatic heterocycles. The monoisotopic (exact) mass is 275 g/mol.